The van der Waals surface area contributed by atoms with Gasteiger partial charge in [0.2, 0.25) is 5.91 Å². The van der Waals surface area contributed by atoms with Crippen molar-refractivity contribution >= 4 is 11.6 Å². The molecule has 0 bridgehead atoms. The van der Waals surface area contributed by atoms with E-state index >= 15 is 0 Å². The van der Waals surface area contributed by atoms with Crippen molar-refractivity contribution in [1.82, 2.24) is 10.2 Å². The zero-order chi connectivity index (χ0) is 16.2. The number of H-pyrrole nitrogens is 1. The lowest BCUT2D eigenvalue weighted by atomic mass is 10.1. The summed E-state index contributed by atoms with van der Waals surface area (Å²) in [5, 5.41) is 9.92. The van der Waals surface area contributed by atoms with E-state index in [0.717, 1.165) is 22.5 Å². The zero-order valence-corrected chi connectivity index (χ0v) is 12.6. The average molecular weight is 309 g/mol. The van der Waals surface area contributed by atoms with Gasteiger partial charge in [0, 0.05) is 16.9 Å². The summed E-state index contributed by atoms with van der Waals surface area (Å²) in [6.45, 7) is 1.94. The van der Waals surface area contributed by atoms with Crippen LogP contribution in [0.25, 0.3) is 11.3 Å². The minimum atomic E-state index is -0.307. The summed E-state index contributed by atoms with van der Waals surface area (Å²) in [6.07, 6.45) is 0.209. The number of halogens is 1. The van der Waals surface area contributed by atoms with E-state index in [2.05, 4.69) is 15.5 Å². The molecule has 1 amide bonds. The third kappa shape index (κ3) is 3.83. The molecular formula is C18H16FN3O. The number of carbonyl (C=O) groups excluding carboxylic acids is 1. The number of aromatic amines is 1. The molecule has 0 atom stereocenters. The van der Waals surface area contributed by atoms with Gasteiger partial charge in [-0.05, 0) is 42.8 Å². The van der Waals surface area contributed by atoms with Crippen LogP contribution in [0.3, 0.4) is 0 Å². The van der Waals surface area contributed by atoms with Crippen LogP contribution in [0.1, 0.15) is 11.3 Å². The van der Waals surface area contributed by atoms with Crippen LogP contribution in [-0.2, 0) is 11.2 Å². The highest BCUT2D eigenvalue weighted by molar-refractivity contribution is 5.92. The van der Waals surface area contributed by atoms with Crippen molar-refractivity contribution in [2.45, 2.75) is 13.3 Å². The summed E-state index contributed by atoms with van der Waals surface area (Å²) in [6, 6.07) is 15.4. The highest BCUT2D eigenvalue weighted by atomic mass is 19.1. The molecule has 116 valence electrons. The maximum atomic E-state index is 12.8. The Kier molecular flexibility index (Phi) is 4.19. The molecule has 0 spiro atoms. The van der Waals surface area contributed by atoms with Gasteiger partial charge in [-0.25, -0.2) is 4.39 Å². The molecule has 1 heterocycles. The first kappa shape index (κ1) is 15.0. The highest BCUT2D eigenvalue weighted by Gasteiger charge is 2.06. The van der Waals surface area contributed by atoms with Gasteiger partial charge in [0.1, 0.15) is 5.82 Å². The Morgan fingerprint density at radius 3 is 2.43 bits per heavy atom. The van der Waals surface area contributed by atoms with Crippen molar-refractivity contribution in [3.05, 3.63) is 71.7 Å². The molecule has 0 saturated heterocycles. The van der Waals surface area contributed by atoms with E-state index in [-0.39, 0.29) is 18.1 Å². The molecule has 23 heavy (non-hydrogen) atoms. The molecular weight excluding hydrogens is 293 g/mol. The summed E-state index contributed by atoms with van der Waals surface area (Å²) in [5.74, 6) is -0.446. The lowest BCUT2D eigenvalue weighted by Gasteiger charge is -2.06. The van der Waals surface area contributed by atoms with Crippen LogP contribution in [0.4, 0.5) is 10.1 Å². The molecule has 0 aliphatic carbocycles. The molecule has 0 aliphatic rings. The van der Waals surface area contributed by atoms with Gasteiger partial charge in [0.15, 0.2) is 0 Å². The second-order valence-corrected chi connectivity index (χ2v) is 5.36. The fraction of sp³-hybridized carbons (Fsp3) is 0.111. The van der Waals surface area contributed by atoms with E-state index in [0.29, 0.717) is 5.69 Å². The van der Waals surface area contributed by atoms with Crippen LogP contribution in [0.15, 0.2) is 54.6 Å². The number of hydrogen-bond donors (Lipinski definition) is 2. The minimum absolute atomic E-state index is 0.139. The van der Waals surface area contributed by atoms with E-state index in [1.807, 2.05) is 37.3 Å². The van der Waals surface area contributed by atoms with Gasteiger partial charge in [0.05, 0.1) is 12.1 Å². The van der Waals surface area contributed by atoms with E-state index in [9.17, 15) is 9.18 Å². The maximum Gasteiger partial charge on any atom is 0.228 e. The third-order valence-corrected chi connectivity index (χ3v) is 3.45. The van der Waals surface area contributed by atoms with Gasteiger partial charge in [-0.15, -0.1) is 0 Å². The second kappa shape index (κ2) is 6.44. The van der Waals surface area contributed by atoms with Crippen LogP contribution in [0, 0.1) is 12.7 Å². The predicted octanol–water partition coefficient (Wildman–Crippen LogP) is 3.71. The Morgan fingerprint density at radius 2 is 1.83 bits per heavy atom. The predicted molar refractivity (Wildman–Crippen MR) is 87.5 cm³/mol. The van der Waals surface area contributed by atoms with Crippen molar-refractivity contribution < 1.29 is 9.18 Å². The Hall–Kier alpha value is -2.95. The summed E-state index contributed by atoms with van der Waals surface area (Å²) < 4.78 is 12.8. The summed E-state index contributed by atoms with van der Waals surface area (Å²) in [4.78, 5) is 12.0. The average Bonchev–Trinajstić information content (AvgIpc) is 2.97. The van der Waals surface area contributed by atoms with Gasteiger partial charge in [-0.2, -0.15) is 5.10 Å². The van der Waals surface area contributed by atoms with E-state index in [1.54, 1.807) is 12.1 Å². The number of anilines is 1. The highest BCUT2D eigenvalue weighted by Crippen LogP contribution is 2.20. The number of nitrogens with zero attached hydrogens (tertiary/aromatic N) is 1. The zero-order valence-electron chi connectivity index (χ0n) is 12.6. The number of aryl methyl sites for hydroxylation is 1. The molecule has 0 aliphatic heterocycles. The number of aromatic nitrogens is 2. The molecule has 1 aromatic heterocycles. The first-order valence-corrected chi connectivity index (χ1v) is 7.27. The van der Waals surface area contributed by atoms with Crippen LogP contribution in [0.5, 0.6) is 0 Å². The molecule has 3 aromatic rings. The first-order chi connectivity index (χ1) is 11.1. The molecule has 0 saturated carbocycles. The van der Waals surface area contributed by atoms with Crippen molar-refractivity contribution in [3.63, 3.8) is 0 Å². The Labute approximate surface area is 133 Å². The number of nitrogens with one attached hydrogen (secondary N) is 2. The summed E-state index contributed by atoms with van der Waals surface area (Å²) in [5.41, 5.74) is 4.33. The van der Waals surface area contributed by atoms with Gasteiger partial charge in [0.25, 0.3) is 0 Å². The third-order valence-electron chi connectivity index (χ3n) is 3.45. The Bertz CT molecular complexity index is 807. The molecule has 0 unspecified atom stereocenters. The largest absolute Gasteiger partial charge is 0.326 e. The Balaban J connectivity index is 1.63. The van der Waals surface area contributed by atoms with E-state index < -0.39 is 0 Å². The maximum absolute atomic E-state index is 12.8. The Morgan fingerprint density at radius 1 is 1.13 bits per heavy atom. The number of benzene rings is 2. The molecule has 2 N–H and O–H groups in total. The monoisotopic (exact) mass is 309 g/mol. The van der Waals surface area contributed by atoms with E-state index in [4.69, 9.17) is 0 Å². The van der Waals surface area contributed by atoms with E-state index in [1.165, 1.54) is 12.1 Å². The van der Waals surface area contributed by atoms with Gasteiger partial charge in [-0.1, -0.05) is 24.3 Å². The molecule has 3 rings (SSSR count). The molecule has 0 radical (unpaired) electrons. The number of carbonyl (C=O) groups is 1. The minimum Gasteiger partial charge on any atom is -0.326 e. The molecule has 2 aromatic carbocycles. The first-order valence-electron chi connectivity index (χ1n) is 7.27. The topological polar surface area (TPSA) is 57.8 Å². The fourth-order valence-electron chi connectivity index (χ4n) is 2.28. The molecule has 4 nitrogen and oxygen atoms in total. The van der Waals surface area contributed by atoms with Crippen LogP contribution < -0.4 is 5.32 Å². The van der Waals surface area contributed by atoms with Crippen LogP contribution in [0.2, 0.25) is 0 Å². The number of amides is 1. The van der Waals surface area contributed by atoms with Gasteiger partial charge in [-0.3, -0.25) is 9.89 Å². The van der Waals surface area contributed by atoms with Crippen molar-refractivity contribution in [1.29, 1.82) is 0 Å². The molecule has 0 fully saturated rings. The van der Waals surface area contributed by atoms with Crippen molar-refractivity contribution in [2.24, 2.45) is 0 Å². The lowest BCUT2D eigenvalue weighted by molar-refractivity contribution is -0.115. The van der Waals surface area contributed by atoms with Crippen molar-refractivity contribution in [2.75, 3.05) is 5.32 Å². The number of rotatable bonds is 4. The quantitative estimate of drug-likeness (QED) is 0.772. The SMILES string of the molecule is Cc1cc(-c2ccc(NC(=O)Cc3ccc(F)cc3)cc2)n[nH]1. The summed E-state index contributed by atoms with van der Waals surface area (Å²) >= 11 is 0. The van der Waals surface area contributed by atoms with Crippen molar-refractivity contribution in [3.8, 4) is 11.3 Å². The molecule has 5 heteroatoms. The normalized spacial score (nSPS) is 10.5. The van der Waals surface area contributed by atoms with Gasteiger partial charge >= 0.3 is 0 Å². The smallest absolute Gasteiger partial charge is 0.228 e. The lowest BCUT2D eigenvalue weighted by Crippen LogP contribution is -2.14. The standard InChI is InChI=1S/C18H16FN3O/c1-12-10-17(22-21-12)14-4-8-16(9-5-14)20-18(23)11-13-2-6-15(19)7-3-13/h2-10H,11H2,1H3,(H,20,23)(H,21,22). The summed E-state index contributed by atoms with van der Waals surface area (Å²) in [7, 11) is 0. The van der Waals surface area contributed by atoms with Crippen LogP contribution >= 0.6 is 0 Å². The fourth-order valence-corrected chi connectivity index (χ4v) is 2.28. The second-order valence-electron chi connectivity index (χ2n) is 5.36. The van der Waals surface area contributed by atoms with Gasteiger partial charge < -0.3 is 5.32 Å². The van der Waals surface area contributed by atoms with Crippen LogP contribution in [-0.4, -0.2) is 16.1 Å². The number of hydrogen-bond acceptors (Lipinski definition) is 2.